The van der Waals surface area contributed by atoms with Crippen molar-refractivity contribution in [2.24, 2.45) is 0 Å². The van der Waals surface area contributed by atoms with Crippen LogP contribution >= 0.6 is 0 Å². The summed E-state index contributed by atoms with van der Waals surface area (Å²) in [6.45, 7) is 6.22. The predicted molar refractivity (Wildman–Crippen MR) is 129 cm³/mol. The first-order chi connectivity index (χ1) is 17.0. The third-order valence-electron chi connectivity index (χ3n) is 6.49. The highest BCUT2D eigenvalue weighted by Gasteiger charge is 2.47. The molecule has 2 N–H and O–H groups in total. The minimum Gasteiger partial charge on any atom is -0.382 e. The smallest absolute Gasteiger partial charge is 0.382 e. The Morgan fingerprint density at radius 1 is 1.22 bits per heavy atom. The van der Waals surface area contributed by atoms with Gasteiger partial charge in [0.2, 0.25) is 5.91 Å². The molecule has 14 heteroatoms. The maximum Gasteiger partial charge on any atom is 0.418 e. The number of piperazine rings is 1. The molecule has 1 atom stereocenters. The first-order valence-corrected chi connectivity index (χ1v) is 13.0. The van der Waals surface area contributed by atoms with E-state index in [4.69, 9.17) is 5.73 Å². The molecule has 10 nitrogen and oxygen atoms in total. The number of benzene rings is 1. The summed E-state index contributed by atoms with van der Waals surface area (Å²) in [6.07, 6.45) is -2.79. The van der Waals surface area contributed by atoms with Crippen molar-refractivity contribution in [2.75, 3.05) is 23.4 Å². The molecule has 1 fully saturated rings. The van der Waals surface area contributed by atoms with Gasteiger partial charge in [0.15, 0.2) is 15.7 Å². The van der Waals surface area contributed by atoms with Crippen molar-refractivity contribution in [1.82, 2.24) is 19.5 Å². The minimum atomic E-state index is -4.77. The highest BCUT2D eigenvalue weighted by molar-refractivity contribution is 7.90. The van der Waals surface area contributed by atoms with Crippen molar-refractivity contribution in [1.29, 1.82) is 0 Å². The zero-order valence-electron chi connectivity index (χ0n) is 20.7. The van der Waals surface area contributed by atoms with Gasteiger partial charge in [-0.25, -0.2) is 17.9 Å². The number of aromatic nitrogens is 3. The summed E-state index contributed by atoms with van der Waals surface area (Å²) in [5.41, 5.74) is 3.06. The second kappa shape index (κ2) is 8.43. The number of alkyl halides is 3. The molecule has 0 aliphatic carbocycles. The van der Waals surface area contributed by atoms with Crippen molar-refractivity contribution in [3.63, 3.8) is 0 Å². The van der Waals surface area contributed by atoms with E-state index in [0.717, 1.165) is 23.2 Å². The van der Waals surface area contributed by atoms with Crippen molar-refractivity contribution in [2.45, 2.75) is 50.3 Å². The van der Waals surface area contributed by atoms with E-state index in [9.17, 15) is 31.2 Å². The van der Waals surface area contributed by atoms with Gasteiger partial charge in [-0.3, -0.25) is 9.59 Å². The zero-order chi connectivity index (χ0) is 27.7. The molecule has 3 heterocycles. The Morgan fingerprint density at radius 2 is 1.86 bits per heavy atom. The normalized spacial score (nSPS) is 18.5. The second-order valence-electron chi connectivity index (χ2n) is 9.51. The topological polar surface area (TPSA) is 131 Å². The standard InChI is InChI=1S/C23H25F3N6O4S/c1-12-10-30(13(2)33)22(3,4)21(34)31(12)17-8-14(6-7-18(17)37(5,35)36)16-9-15(23(24,25)26)19-20(27)28-11-29-32(16)19/h6-9,11-12H,10H2,1-5H3,(H2,27,28,29). The number of nitrogens with two attached hydrogens (primary N) is 1. The van der Waals surface area contributed by atoms with Crippen LogP contribution in [0, 0.1) is 0 Å². The molecule has 198 valence electrons. The van der Waals surface area contributed by atoms with E-state index >= 15 is 0 Å². The fraction of sp³-hybridized carbons (Fsp3) is 0.391. The molecule has 0 radical (unpaired) electrons. The Bertz CT molecular complexity index is 1550. The number of carbonyl (C=O) groups excluding carboxylic acids is 2. The molecular formula is C23H25F3N6O4S. The van der Waals surface area contributed by atoms with Gasteiger partial charge in [-0.1, -0.05) is 6.07 Å². The Hall–Kier alpha value is -3.68. The van der Waals surface area contributed by atoms with Gasteiger partial charge in [0.05, 0.1) is 27.9 Å². The highest BCUT2D eigenvalue weighted by Crippen LogP contribution is 2.41. The summed E-state index contributed by atoms with van der Waals surface area (Å²) in [6, 6.07) is 4.13. The summed E-state index contributed by atoms with van der Waals surface area (Å²) in [5.74, 6) is -1.24. The van der Waals surface area contributed by atoms with Crippen LogP contribution in [-0.4, -0.2) is 64.1 Å². The zero-order valence-corrected chi connectivity index (χ0v) is 21.5. The maximum atomic E-state index is 13.8. The largest absolute Gasteiger partial charge is 0.418 e. The monoisotopic (exact) mass is 538 g/mol. The van der Waals surface area contributed by atoms with E-state index in [1.165, 1.54) is 34.9 Å². The van der Waals surface area contributed by atoms with Crippen LogP contribution in [0.4, 0.5) is 24.7 Å². The van der Waals surface area contributed by atoms with Crippen LogP contribution in [0.15, 0.2) is 35.5 Å². The third kappa shape index (κ3) is 4.28. The van der Waals surface area contributed by atoms with Gasteiger partial charge in [0.25, 0.3) is 5.91 Å². The van der Waals surface area contributed by atoms with Crippen LogP contribution in [0.2, 0.25) is 0 Å². The number of amides is 2. The number of fused-ring (bicyclic) bond motifs is 1. The molecular weight excluding hydrogens is 513 g/mol. The summed E-state index contributed by atoms with van der Waals surface area (Å²) >= 11 is 0. The molecule has 0 spiro atoms. The first-order valence-electron chi connectivity index (χ1n) is 11.1. The highest BCUT2D eigenvalue weighted by atomic mass is 32.2. The van der Waals surface area contributed by atoms with Crippen molar-refractivity contribution in [3.05, 3.63) is 36.2 Å². The minimum absolute atomic E-state index is 0.0145. The van der Waals surface area contributed by atoms with Gasteiger partial charge >= 0.3 is 6.18 Å². The van der Waals surface area contributed by atoms with Crippen molar-refractivity contribution >= 4 is 38.7 Å². The van der Waals surface area contributed by atoms with Crippen LogP contribution in [0.25, 0.3) is 16.8 Å². The van der Waals surface area contributed by atoms with Crippen LogP contribution < -0.4 is 10.6 Å². The number of halogens is 3. The Balaban J connectivity index is 1.99. The summed E-state index contributed by atoms with van der Waals surface area (Å²) in [7, 11) is -3.87. The quantitative estimate of drug-likeness (QED) is 0.543. The molecule has 1 aliphatic heterocycles. The summed E-state index contributed by atoms with van der Waals surface area (Å²) in [4.78, 5) is 32.0. The molecule has 37 heavy (non-hydrogen) atoms. The van der Waals surface area contributed by atoms with E-state index in [0.29, 0.717) is 0 Å². The first kappa shape index (κ1) is 26.4. The summed E-state index contributed by atoms with van der Waals surface area (Å²) < 4.78 is 67.8. The fourth-order valence-electron chi connectivity index (χ4n) is 4.72. The average molecular weight is 539 g/mol. The van der Waals surface area contributed by atoms with E-state index in [1.807, 2.05) is 0 Å². The molecule has 1 aliphatic rings. The van der Waals surface area contributed by atoms with E-state index in [-0.39, 0.29) is 40.1 Å². The molecule has 1 saturated heterocycles. The van der Waals surface area contributed by atoms with Crippen molar-refractivity contribution in [3.8, 4) is 11.3 Å². The molecule has 0 saturated carbocycles. The van der Waals surface area contributed by atoms with E-state index in [1.54, 1.807) is 20.8 Å². The van der Waals surface area contributed by atoms with E-state index < -0.39 is 44.6 Å². The van der Waals surface area contributed by atoms with Crippen LogP contribution in [0.1, 0.15) is 33.3 Å². The Labute approximate surface area is 210 Å². The Kier molecular flexibility index (Phi) is 6.01. The number of sulfone groups is 1. The number of rotatable bonds is 3. The molecule has 4 rings (SSSR count). The number of hydrogen-bond donors (Lipinski definition) is 1. The van der Waals surface area contributed by atoms with Crippen LogP contribution in [0.3, 0.4) is 0 Å². The molecule has 2 amide bonds. The lowest BCUT2D eigenvalue weighted by molar-refractivity contribution is -0.146. The number of nitrogen functional groups attached to an aromatic ring is 1. The Morgan fingerprint density at radius 3 is 2.43 bits per heavy atom. The third-order valence-corrected chi connectivity index (χ3v) is 7.63. The lowest BCUT2D eigenvalue weighted by Crippen LogP contribution is -2.67. The van der Waals surface area contributed by atoms with Crippen LogP contribution in [0.5, 0.6) is 0 Å². The summed E-state index contributed by atoms with van der Waals surface area (Å²) in [5, 5.41) is 3.93. The molecule has 3 aromatic rings. The lowest BCUT2D eigenvalue weighted by atomic mass is 9.93. The number of nitrogens with zero attached hydrogens (tertiary/aromatic N) is 5. The molecule has 1 aromatic carbocycles. The molecule has 1 unspecified atom stereocenters. The second-order valence-corrected chi connectivity index (χ2v) is 11.5. The van der Waals surface area contributed by atoms with Gasteiger partial charge in [0.1, 0.15) is 17.4 Å². The SMILES string of the molecule is CC(=O)N1CC(C)N(c2cc(-c3cc(C(F)(F)F)c4c(N)ncnn34)ccc2S(C)(=O)=O)C(=O)C1(C)C. The fourth-order valence-corrected chi connectivity index (χ4v) is 5.57. The molecule has 2 aromatic heterocycles. The molecule has 0 bridgehead atoms. The van der Waals surface area contributed by atoms with Gasteiger partial charge in [-0.2, -0.15) is 18.3 Å². The maximum absolute atomic E-state index is 13.8. The van der Waals surface area contributed by atoms with E-state index in [2.05, 4.69) is 10.1 Å². The average Bonchev–Trinajstić information content (AvgIpc) is 3.17. The van der Waals surface area contributed by atoms with Gasteiger partial charge < -0.3 is 15.5 Å². The van der Waals surface area contributed by atoms with Gasteiger partial charge in [0, 0.05) is 25.3 Å². The number of hydrogen-bond acceptors (Lipinski definition) is 7. The number of carbonyl (C=O) groups is 2. The van der Waals surface area contributed by atoms with Crippen LogP contribution in [-0.2, 0) is 25.6 Å². The lowest BCUT2D eigenvalue weighted by Gasteiger charge is -2.49. The van der Waals surface area contributed by atoms with Gasteiger partial charge in [-0.15, -0.1) is 0 Å². The van der Waals surface area contributed by atoms with Gasteiger partial charge in [-0.05, 0) is 39.0 Å². The predicted octanol–water partition coefficient (Wildman–Crippen LogP) is 2.76. The number of anilines is 2. The van der Waals surface area contributed by atoms with Crippen molar-refractivity contribution < 1.29 is 31.2 Å².